The Bertz CT molecular complexity index is 81.7. The van der Waals surface area contributed by atoms with E-state index in [4.69, 9.17) is 11.6 Å². The second-order valence-corrected chi connectivity index (χ2v) is 3.66. The maximum atomic E-state index is 5.61. The molecule has 0 radical (unpaired) electrons. The van der Waals surface area contributed by atoms with Crippen molar-refractivity contribution in [3.63, 3.8) is 0 Å². The quantitative estimate of drug-likeness (QED) is 0.380. The lowest BCUT2D eigenvalue weighted by molar-refractivity contribution is -0.908. The maximum absolute atomic E-state index is 5.61. The number of alkyl halides is 1. The molecule has 10 heavy (non-hydrogen) atoms. The Balaban J connectivity index is 0. The molecule has 0 aromatic rings. The Morgan fingerprint density at radius 3 is 1.80 bits per heavy atom. The maximum Gasteiger partial charge on any atom is 0.0922 e. The summed E-state index contributed by atoms with van der Waals surface area (Å²) in [7, 11) is 4.40. The van der Waals surface area contributed by atoms with Crippen molar-refractivity contribution in [2.45, 2.75) is 19.9 Å². The van der Waals surface area contributed by atoms with E-state index in [-0.39, 0.29) is 12.4 Å². The van der Waals surface area contributed by atoms with Gasteiger partial charge in [-0.2, -0.15) is 0 Å². The van der Waals surface area contributed by atoms with Crippen LogP contribution in [0.4, 0.5) is 0 Å². The highest BCUT2D eigenvalue weighted by Gasteiger charge is 2.17. The van der Waals surface area contributed by atoms with E-state index in [0.29, 0.717) is 6.04 Å². The topological polar surface area (TPSA) is 0 Å². The van der Waals surface area contributed by atoms with Crippen LogP contribution >= 0.6 is 11.6 Å². The van der Waals surface area contributed by atoms with Crippen LogP contribution in [0.15, 0.2) is 0 Å². The van der Waals surface area contributed by atoms with E-state index in [1.165, 1.54) is 0 Å². The summed E-state index contributed by atoms with van der Waals surface area (Å²) in [4.78, 5) is 0. The average molecular weight is 186 g/mol. The Labute approximate surface area is 75.4 Å². The molecule has 0 unspecified atom stereocenters. The third-order valence-electron chi connectivity index (χ3n) is 2.06. The van der Waals surface area contributed by atoms with Crippen molar-refractivity contribution in [1.82, 2.24) is 0 Å². The summed E-state index contributed by atoms with van der Waals surface area (Å²) in [6.07, 6.45) is 0. The summed E-state index contributed by atoms with van der Waals surface area (Å²) in [6.45, 7) is 5.48. The lowest BCUT2D eigenvalue weighted by Gasteiger charge is -2.33. The van der Waals surface area contributed by atoms with Gasteiger partial charge in [0.25, 0.3) is 0 Å². The normalized spacial score (nSPS) is 11.4. The summed E-state index contributed by atoms with van der Waals surface area (Å²) in [5.41, 5.74) is 0. The fourth-order valence-electron chi connectivity index (χ4n) is 0.476. The van der Waals surface area contributed by atoms with Crippen molar-refractivity contribution in [3.05, 3.63) is 0 Å². The second-order valence-electron chi connectivity index (χ2n) is 3.28. The van der Waals surface area contributed by atoms with Gasteiger partial charge in [-0.3, -0.25) is 0 Å². The average Bonchev–Trinajstić information content (AvgIpc) is 1.65. The fraction of sp³-hybridized carbons (Fsp3) is 1.00. The molecule has 0 aliphatic carbocycles. The lowest BCUT2D eigenvalue weighted by atomic mass is 10.3. The summed E-state index contributed by atoms with van der Waals surface area (Å²) in [6, 6.07) is 0.670. The van der Waals surface area contributed by atoms with Crippen LogP contribution in [-0.2, 0) is 0 Å². The van der Waals surface area contributed by atoms with E-state index < -0.39 is 0 Å². The molecule has 0 aliphatic heterocycles. The van der Waals surface area contributed by atoms with Gasteiger partial charge in [0.2, 0.25) is 0 Å². The van der Waals surface area contributed by atoms with Crippen LogP contribution in [-0.4, -0.2) is 37.0 Å². The molecule has 64 valence electrons. The van der Waals surface area contributed by atoms with E-state index in [1.54, 1.807) is 0 Å². The van der Waals surface area contributed by atoms with Crippen LogP contribution in [0, 0.1) is 0 Å². The lowest BCUT2D eigenvalue weighted by Crippen LogP contribution is -3.00. The Morgan fingerprint density at radius 2 is 1.70 bits per heavy atom. The molecule has 0 spiro atoms. The highest BCUT2D eigenvalue weighted by Crippen LogP contribution is 2.04. The van der Waals surface area contributed by atoms with E-state index >= 15 is 0 Å². The van der Waals surface area contributed by atoms with Crippen molar-refractivity contribution >= 4 is 11.6 Å². The molecule has 0 saturated carbocycles. The molecular weight excluding hydrogens is 169 g/mol. The molecule has 0 aromatic heterocycles. The van der Waals surface area contributed by atoms with Crippen molar-refractivity contribution in [1.29, 1.82) is 0 Å². The zero-order chi connectivity index (χ0) is 7.49. The molecule has 0 saturated heterocycles. The van der Waals surface area contributed by atoms with Crippen LogP contribution in [0.25, 0.3) is 0 Å². The minimum Gasteiger partial charge on any atom is -1.00 e. The predicted octanol–water partition coefficient (Wildman–Crippen LogP) is -1.29. The van der Waals surface area contributed by atoms with E-state index in [2.05, 4.69) is 27.9 Å². The van der Waals surface area contributed by atoms with Crippen LogP contribution < -0.4 is 12.4 Å². The smallest absolute Gasteiger partial charge is 0.0922 e. The van der Waals surface area contributed by atoms with Crippen LogP contribution in [0.2, 0.25) is 0 Å². The summed E-state index contributed by atoms with van der Waals surface area (Å²) < 4.78 is 1.02. The predicted molar refractivity (Wildman–Crippen MR) is 42.8 cm³/mol. The van der Waals surface area contributed by atoms with Gasteiger partial charge in [0.15, 0.2) is 0 Å². The van der Waals surface area contributed by atoms with E-state index in [0.717, 1.165) is 16.9 Å². The van der Waals surface area contributed by atoms with Crippen molar-refractivity contribution in [3.8, 4) is 0 Å². The van der Waals surface area contributed by atoms with Crippen LogP contribution in [0.5, 0.6) is 0 Å². The SMILES string of the molecule is CC(C)[N+](C)(C)CCCl.[Cl-]. The number of hydrogen-bond donors (Lipinski definition) is 0. The van der Waals surface area contributed by atoms with Gasteiger partial charge in [-0.15, -0.1) is 11.6 Å². The molecule has 0 aliphatic rings. The summed E-state index contributed by atoms with van der Waals surface area (Å²) >= 11 is 5.61. The first-order valence-corrected chi connectivity index (χ1v) is 3.93. The summed E-state index contributed by atoms with van der Waals surface area (Å²) in [5.74, 6) is 0.755. The molecule has 1 nitrogen and oxygen atoms in total. The summed E-state index contributed by atoms with van der Waals surface area (Å²) in [5, 5.41) is 0. The number of nitrogens with zero attached hydrogens (tertiary/aromatic N) is 1. The van der Waals surface area contributed by atoms with Gasteiger partial charge >= 0.3 is 0 Å². The first-order valence-electron chi connectivity index (χ1n) is 3.39. The van der Waals surface area contributed by atoms with Gasteiger partial charge in [0.05, 0.1) is 32.6 Å². The number of hydrogen-bond acceptors (Lipinski definition) is 0. The van der Waals surface area contributed by atoms with Crippen molar-refractivity contribution < 1.29 is 16.9 Å². The number of halogens is 2. The molecule has 0 bridgehead atoms. The standard InChI is InChI=1S/C7H17ClN.ClH/c1-7(2)9(3,4)6-5-8;/h7H,5-6H2,1-4H3;1H/q+1;/p-1. The highest BCUT2D eigenvalue weighted by atomic mass is 35.5. The monoisotopic (exact) mass is 185 g/mol. The fourth-order valence-corrected chi connectivity index (χ4v) is 0.912. The first-order chi connectivity index (χ1) is 4.00. The zero-order valence-corrected chi connectivity index (χ0v) is 8.71. The minimum atomic E-state index is 0. The zero-order valence-electron chi connectivity index (χ0n) is 7.19. The molecule has 0 heterocycles. The van der Waals surface area contributed by atoms with E-state index in [1.807, 2.05) is 0 Å². The van der Waals surface area contributed by atoms with Gasteiger partial charge in [-0.25, -0.2) is 0 Å². The molecule has 0 amide bonds. The van der Waals surface area contributed by atoms with E-state index in [9.17, 15) is 0 Å². The molecule has 3 heteroatoms. The Hall–Kier alpha value is 0.540. The molecule has 0 fully saturated rings. The Kier molecular flexibility index (Phi) is 6.87. The van der Waals surface area contributed by atoms with Gasteiger partial charge < -0.3 is 16.9 Å². The van der Waals surface area contributed by atoms with Crippen molar-refractivity contribution in [2.75, 3.05) is 26.5 Å². The number of quaternary nitrogens is 1. The molecule has 0 rings (SSSR count). The van der Waals surface area contributed by atoms with Crippen LogP contribution in [0.3, 0.4) is 0 Å². The first kappa shape index (κ1) is 13.2. The molecular formula is C7H17Cl2N. The third-order valence-corrected chi connectivity index (χ3v) is 2.23. The van der Waals surface area contributed by atoms with Gasteiger partial charge in [0.1, 0.15) is 0 Å². The molecule has 0 aromatic carbocycles. The van der Waals surface area contributed by atoms with Gasteiger partial charge in [-0.05, 0) is 13.8 Å². The minimum absolute atomic E-state index is 0. The molecule has 0 atom stereocenters. The van der Waals surface area contributed by atoms with Crippen molar-refractivity contribution in [2.24, 2.45) is 0 Å². The second kappa shape index (κ2) is 5.22. The number of rotatable bonds is 3. The molecule has 0 N–H and O–H groups in total. The van der Waals surface area contributed by atoms with Gasteiger partial charge in [0, 0.05) is 0 Å². The third kappa shape index (κ3) is 4.37. The van der Waals surface area contributed by atoms with Gasteiger partial charge in [-0.1, -0.05) is 0 Å². The highest BCUT2D eigenvalue weighted by molar-refractivity contribution is 6.17. The Morgan fingerprint density at radius 1 is 1.30 bits per heavy atom. The van der Waals surface area contributed by atoms with Crippen LogP contribution in [0.1, 0.15) is 13.8 Å². The largest absolute Gasteiger partial charge is 1.00 e.